The molecule has 0 saturated carbocycles. The number of benzene rings is 1. The molecular weight excluding hydrogens is 198 g/mol. The third kappa shape index (κ3) is 3.16. The molecule has 0 saturated heterocycles. The molecule has 0 aliphatic heterocycles. The van der Waals surface area contributed by atoms with Crippen molar-refractivity contribution in [1.82, 2.24) is 0 Å². The van der Waals surface area contributed by atoms with E-state index in [1.54, 1.807) is 13.1 Å². The summed E-state index contributed by atoms with van der Waals surface area (Å²) in [6.45, 7) is 1.57. The zero-order valence-electron chi connectivity index (χ0n) is 8.95. The van der Waals surface area contributed by atoms with Crippen molar-refractivity contribution in [2.24, 2.45) is 5.73 Å². The minimum Gasteiger partial charge on any atom is -0.369 e. The first-order valence-corrected chi connectivity index (χ1v) is 4.86. The molecule has 2 N–H and O–H groups in total. The zero-order valence-corrected chi connectivity index (χ0v) is 8.95. The minimum atomic E-state index is -2.34. The van der Waals surface area contributed by atoms with E-state index in [1.807, 2.05) is 25.1 Å². The van der Waals surface area contributed by atoms with Crippen LogP contribution in [0.3, 0.4) is 0 Å². The summed E-state index contributed by atoms with van der Waals surface area (Å²) in [4.78, 5) is 1.53. The highest BCUT2D eigenvalue weighted by molar-refractivity contribution is 5.54. The molecule has 0 fully saturated rings. The normalized spacial score (nSPS) is 12.9. The van der Waals surface area contributed by atoms with E-state index in [4.69, 9.17) is 5.73 Å². The topological polar surface area (TPSA) is 29.3 Å². The molecule has 0 spiro atoms. The van der Waals surface area contributed by atoms with Crippen LogP contribution in [-0.4, -0.2) is 20.0 Å². The van der Waals surface area contributed by atoms with Crippen LogP contribution in [0.25, 0.3) is 0 Å². The average molecular weight is 214 g/mol. The molecule has 0 aromatic heterocycles. The van der Waals surface area contributed by atoms with Gasteiger partial charge in [0.15, 0.2) is 0 Å². The van der Waals surface area contributed by atoms with E-state index in [-0.39, 0.29) is 12.6 Å². The van der Waals surface area contributed by atoms with Crippen LogP contribution in [0.15, 0.2) is 24.3 Å². The summed E-state index contributed by atoms with van der Waals surface area (Å²) in [5.41, 5.74) is 7.43. The Morgan fingerprint density at radius 3 is 2.47 bits per heavy atom. The van der Waals surface area contributed by atoms with Crippen molar-refractivity contribution >= 4 is 5.69 Å². The number of para-hydroxylation sites is 1. The average Bonchev–Trinajstić information content (AvgIpc) is 2.16. The molecule has 1 aromatic carbocycles. The van der Waals surface area contributed by atoms with Gasteiger partial charge in [0, 0.05) is 18.8 Å². The SMILES string of the molecule is C[C@H](N)c1ccccc1N(C)CC(F)F. The molecule has 0 radical (unpaired) electrons. The molecule has 0 amide bonds. The second-order valence-electron chi connectivity index (χ2n) is 3.62. The van der Waals surface area contributed by atoms with Gasteiger partial charge in [0.1, 0.15) is 0 Å². The predicted octanol–water partition coefficient (Wildman–Crippen LogP) is 2.41. The number of anilines is 1. The van der Waals surface area contributed by atoms with Crippen LogP contribution in [0, 0.1) is 0 Å². The molecule has 0 aliphatic rings. The highest BCUT2D eigenvalue weighted by Gasteiger charge is 2.13. The summed E-state index contributed by atoms with van der Waals surface area (Å²) < 4.78 is 24.5. The number of halogens is 2. The molecule has 1 aromatic rings. The predicted molar refractivity (Wildman–Crippen MR) is 58.3 cm³/mol. The van der Waals surface area contributed by atoms with E-state index in [0.29, 0.717) is 0 Å². The van der Waals surface area contributed by atoms with Gasteiger partial charge in [-0.3, -0.25) is 0 Å². The van der Waals surface area contributed by atoms with Gasteiger partial charge in [0.2, 0.25) is 0 Å². The van der Waals surface area contributed by atoms with Crippen LogP contribution in [0.1, 0.15) is 18.5 Å². The number of rotatable bonds is 4. The highest BCUT2D eigenvalue weighted by Crippen LogP contribution is 2.24. The first-order valence-electron chi connectivity index (χ1n) is 4.86. The summed E-state index contributed by atoms with van der Waals surface area (Å²) in [5, 5.41) is 0. The van der Waals surface area contributed by atoms with Crippen molar-refractivity contribution < 1.29 is 8.78 Å². The van der Waals surface area contributed by atoms with Crippen molar-refractivity contribution in [3.05, 3.63) is 29.8 Å². The fourth-order valence-corrected chi connectivity index (χ4v) is 1.53. The molecule has 0 unspecified atom stereocenters. The third-order valence-corrected chi connectivity index (χ3v) is 2.25. The van der Waals surface area contributed by atoms with E-state index in [0.717, 1.165) is 11.3 Å². The van der Waals surface area contributed by atoms with E-state index >= 15 is 0 Å². The number of nitrogens with zero attached hydrogens (tertiary/aromatic N) is 1. The van der Waals surface area contributed by atoms with Gasteiger partial charge in [-0.1, -0.05) is 18.2 Å². The summed E-state index contributed by atoms with van der Waals surface area (Å²) in [6, 6.07) is 7.20. The first-order chi connectivity index (χ1) is 7.02. The fourth-order valence-electron chi connectivity index (χ4n) is 1.53. The van der Waals surface area contributed by atoms with Gasteiger partial charge >= 0.3 is 0 Å². The summed E-state index contributed by atoms with van der Waals surface area (Å²) in [7, 11) is 1.65. The summed E-state index contributed by atoms with van der Waals surface area (Å²) >= 11 is 0. The lowest BCUT2D eigenvalue weighted by Crippen LogP contribution is -2.26. The Balaban J connectivity index is 2.92. The maximum Gasteiger partial charge on any atom is 0.255 e. The minimum absolute atomic E-state index is 0.152. The van der Waals surface area contributed by atoms with Crippen LogP contribution in [0.4, 0.5) is 14.5 Å². The van der Waals surface area contributed by atoms with Gasteiger partial charge in [-0.05, 0) is 18.6 Å². The van der Waals surface area contributed by atoms with Gasteiger partial charge < -0.3 is 10.6 Å². The van der Waals surface area contributed by atoms with Crippen molar-refractivity contribution in [2.75, 3.05) is 18.5 Å². The van der Waals surface area contributed by atoms with E-state index < -0.39 is 6.43 Å². The standard InChI is InChI=1S/C11H16F2N2/c1-8(14)9-5-3-4-6-10(9)15(2)7-11(12)13/h3-6,8,11H,7,14H2,1-2H3/t8-/m0/s1. The zero-order chi connectivity index (χ0) is 11.4. The van der Waals surface area contributed by atoms with E-state index in [1.165, 1.54) is 4.90 Å². The second-order valence-corrected chi connectivity index (χ2v) is 3.62. The second kappa shape index (κ2) is 5.07. The number of alkyl halides is 2. The Kier molecular flexibility index (Phi) is 4.03. The van der Waals surface area contributed by atoms with E-state index in [9.17, 15) is 8.78 Å². The smallest absolute Gasteiger partial charge is 0.255 e. The molecule has 15 heavy (non-hydrogen) atoms. The third-order valence-electron chi connectivity index (χ3n) is 2.25. The molecule has 1 rings (SSSR count). The quantitative estimate of drug-likeness (QED) is 0.834. The van der Waals surface area contributed by atoms with Crippen molar-refractivity contribution in [3.8, 4) is 0 Å². The molecule has 2 nitrogen and oxygen atoms in total. The molecule has 84 valence electrons. The van der Waals surface area contributed by atoms with Gasteiger partial charge in [0.25, 0.3) is 6.43 Å². The number of hydrogen-bond donors (Lipinski definition) is 1. The number of nitrogens with two attached hydrogens (primary N) is 1. The molecule has 4 heteroatoms. The largest absolute Gasteiger partial charge is 0.369 e. The lowest BCUT2D eigenvalue weighted by atomic mass is 10.1. The lowest BCUT2D eigenvalue weighted by molar-refractivity contribution is 0.156. The van der Waals surface area contributed by atoms with Crippen LogP contribution in [0.2, 0.25) is 0 Å². The summed E-state index contributed by atoms with van der Waals surface area (Å²) in [6.07, 6.45) is -2.34. The Bertz CT molecular complexity index is 313. The number of hydrogen-bond acceptors (Lipinski definition) is 2. The van der Waals surface area contributed by atoms with Gasteiger partial charge in [-0.15, -0.1) is 0 Å². The van der Waals surface area contributed by atoms with Gasteiger partial charge in [-0.2, -0.15) is 0 Å². The van der Waals surface area contributed by atoms with Crippen molar-refractivity contribution in [3.63, 3.8) is 0 Å². The highest BCUT2D eigenvalue weighted by atomic mass is 19.3. The van der Waals surface area contributed by atoms with Crippen molar-refractivity contribution in [1.29, 1.82) is 0 Å². The monoisotopic (exact) mass is 214 g/mol. The maximum atomic E-state index is 12.2. The molecule has 0 heterocycles. The Morgan fingerprint density at radius 1 is 1.33 bits per heavy atom. The Morgan fingerprint density at radius 2 is 1.93 bits per heavy atom. The molecule has 0 aliphatic carbocycles. The summed E-state index contributed by atoms with van der Waals surface area (Å²) in [5.74, 6) is 0. The van der Waals surface area contributed by atoms with Crippen LogP contribution < -0.4 is 10.6 Å². The Hall–Kier alpha value is -1.16. The van der Waals surface area contributed by atoms with E-state index in [2.05, 4.69) is 0 Å². The Labute approximate surface area is 88.7 Å². The first kappa shape index (κ1) is 11.9. The fraction of sp³-hybridized carbons (Fsp3) is 0.455. The maximum absolute atomic E-state index is 12.2. The van der Waals surface area contributed by atoms with Gasteiger partial charge in [-0.25, -0.2) is 8.78 Å². The molecule has 1 atom stereocenters. The molecular formula is C11H16F2N2. The lowest BCUT2D eigenvalue weighted by Gasteiger charge is -2.23. The van der Waals surface area contributed by atoms with Crippen molar-refractivity contribution in [2.45, 2.75) is 19.4 Å². The van der Waals surface area contributed by atoms with Gasteiger partial charge in [0.05, 0.1) is 6.54 Å². The molecule has 0 bridgehead atoms. The van der Waals surface area contributed by atoms with Crippen LogP contribution in [0.5, 0.6) is 0 Å². The van der Waals surface area contributed by atoms with Crippen LogP contribution in [-0.2, 0) is 0 Å². The van der Waals surface area contributed by atoms with Crippen LogP contribution >= 0.6 is 0 Å².